The van der Waals surface area contributed by atoms with Crippen molar-refractivity contribution in [3.05, 3.63) is 66.1 Å². The number of rotatable bonds is 5. The fraction of sp³-hybridized carbons (Fsp3) is 0.167. The van der Waals surface area contributed by atoms with E-state index in [1.54, 1.807) is 20.2 Å². The molecule has 0 amide bonds. The van der Waals surface area contributed by atoms with Crippen LogP contribution in [-0.4, -0.2) is 32.4 Å². The molecule has 29 heavy (non-hydrogen) atoms. The molecule has 0 aliphatic carbocycles. The van der Waals surface area contributed by atoms with Gasteiger partial charge >= 0.3 is 6.18 Å². The van der Waals surface area contributed by atoms with Crippen molar-refractivity contribution < 1.29 is 26.0 Å². The summed E-state index contributed by atoms with van der Waals surface area (Å²) >= 11 is 0. The van der Waals surface area contributed by atoms with E-state index in [9.17, 15) is 26.0 Å². The van der Waals surface area contributed by atoms with E-state index in [4.69, 9.17) is 0 Å². The Labute approximate surface area is 164 Å². The van der Waals surface area contributed by atoms with Gasteiger partial charge in [-0.2, -0.15) is 31.2 Å². The van der Waals surface area contributed by atoms with Crippen LogP contribution < -0.4 is 9.73 Å². The van der Waals surface area contributed by atoms with Crippen LogP contribution in [0.25, 0.3) is 11.3 Å². The Balaban J connectivity index is 2.10. The summed E-state index contributed by atoms with van der Waals surface area (Å²) in [5.41, 5.74) is -1.34. The molecule has 0 saturated carbocycles. The van der Waals surface area contributed by atoms with Crippen molar-refractivity contribution in [2.45, 2.75) is 11.1 Å². The monoisotopic (exact) mass is 428 g/mol. The summed E-state index contributed by atoms with van der Waals surface area (Å²) in [5.74, 6) is -0.681. The molecule has 0 aliphatic heterocycles. The first-order chi connectivity index (χ1) is 13.5. The van der Waals surface area contributed by atoms with E-state index >= 15 is 0 Å². The van der Waals surface area contributed by atoms with Gasteiger partial charge in [-0.1, -0.05) is 24.3 Å². The molecule has 0 radical (unpaired) electrons. The molecule has 0 atom stereocenters. The number of anilines is 1. The minimum Gasteiger partial charge on any atom is -0.375 e. The van der Waals surface area contributed by atoms with Gasteiger partial charge in [-0.05, 0) is 30.3 Å². The zero-order valence-electron chi connectivity index (χ0n) is 15.3. The van der Waals surface area contributed by atoms with Crippen LogP contribution >= 0.6 is 0 Å². The van der Waals surface area contributed by atoms with E-state index in [2.05, 4.69) is 5.10 Å². The number of nitrogens with one attached hydrogen (secondary N) is 1. The number of alkyl halides is 3. The minimum absolute atomic E-state index is 0.0202. The summed E-state index contributed by atoms with van der Waals surface area (Å²) in [4.78, 5) is 3.81. The van der Waals surface area contributed by atoms with Crippen molar-refractivity contribution in [3.63, 3.8) is 0 Å². The largest absolute Gasteiger partial charge is 0.435 e. The number of hydrogen-bond acceptors (Lipinski definition) is 4. The fourth-order valence-electron chi connectivity index (χ4n) is 2.59. The van der Waals surface area contributed by atoms with Crippen molar-refractivity contribution in [2.24, 2.45) is 0 Å². The Morgan fingerprint density at radius 3 is 2.24 bits per heavy atom. The summed E-state index contributed by atoms with van der Waals surface area (Å²) in [6.45, 7) is 0. The highest BCUT2D eigenvalue weighted by Crippen LogP contribution is 2.33. The molecule has 0 saturated heterocycles. The first-order valence-electron chi connectivity index (χ1n) is 8.21. The van der Waals surface area contributed by atoms with Gasteiger partial charge in [0.05, 0.1) is 16.3 Å². The topological polar surface area (TPSA) is 67.2 Å². The van der Waals surface area contributed by atoms with Gasteiger partial charge in [0.2, 0.25) is 0 Å². The van der Waals surface area contributed by atoms with Gasteiger partial charge in [0.15, 0.2) is 5.69 Å². The molecule has 1 heterocycles. The predicted octanol–water partition coefficient (Wildman–Crippen LogP) is 3.71. The molecular formula is C18H16F4N4O2S. The zero-order valence-corrected chi connectivity index (χ0v) is 16.1. The second-order valence-corrected chi connectivity index (χ2v) is 7.95. The first kappa shape index (κ1) is 20.6. The molecule has 3 aromatic rings. The van der Waals surface area contributed by atoms with E-state index < -0.39 is 27.7 Å². The third kappa shape index (κ3) is 4.34. The number of nitrogens with zero attached hydrogens (tertiary/aromatic N) is 3. The normalized spacial score (nSPS) is 12.1. The van der Waals surface area contributed by atoms with Gasteiger partial charge in [-0.15, -0.1) is 5.10 Å². The van der Waals surface area contributed by atoms with Gasteiger partial charge in [-0.3, -0.25) is 0 Å². The summed E-state index contributed by atoms with van der Waals surface area (Å²) in [6, 6.07) is 11.5. The summed E-state index contributed by atoms with van der Waals surface area (Å²) in [6.07, 6.45) is -4.82. The Kier molecular flexibility index (Phi) is 5.26. The highest BCUT2D eigenvalue weighted by atomic mass is 32.2. The molecule has 11 heteroatoms. The molecule has 0 bridgehead atoms. The van der Waals surface area contributed by atoms with Crippen LogP contribution in [-0.2, 0) is 16.2 Å². The molecular weight excluding hydrogens is 412 g/mol. The van der Waals surface area contributed by atoms with E-state index in [0.717, 1.165) is 6.07 Å². The Hall–Kier alpha value is -3.08. The number of sulfonamides is 1. The lowest BCUT2D eigenvalue weighted by Gasteiger charge is -2.15. The average molecular weight is 428 g/mol. The average Bonchev–Trinajstić information content (AvgIpc) is 3.05. The molecule has 0 spiro atoms. The summed E-state index contributed by atoms with van der Waals surface area (Å²) < 4.78 is 78.9. The quantitative estimate of drug-likeness (QED) is 0.630. The van der Waals surface area contributed by atoms with Crippen LogP contribution in [0.1, 0.15) is 5.69 Å². The maximum atomic E-state index is 14.3. The van der Waals surface area contributed by atoms with E-state index in [1.165, 1.54) is 41.3 Å². The third-order valence-corrected chi connectivity index (χ3v) is 5.29. The predicted molar refractivity (Wildman–Crippen MR) is 99.9 cm³/mol. The minimum atomic E-state index is -4.82. The number of benzene rings is 2. The lowest BCUT2D eigenvalue weighted by Crippen LogP contribution is -2.25. The highest BCUT2D eigenvalue weighted by Gasteiger charge is 2.36. The lowest BCUT2D eigenvalue weighted by atomic mass is 10.1. The second-order valence-electron chi connectivity index (χ2n) is 6.29. The van der Waals surface area contributed by atoms with Crippen LogP contribution in [0.15, 0.2) is 59.5 Å². The molecule has 6 nitrogen and oxygen atoms in total. The van der Waals surface area contributed by atoms with Gasteiger partial charge < -0.3 is 4.90 Å². The van der Waals surface area contributed by atoms with Crippen LogP contribution in [0.3, 0.4) is 0 Å². The van der Waals surface area contributed by atoms with Crippen LogP contribution in [0, 0.1) is 5.82 Å². The van der Waals surface area contributed by atoms with Crippen molar-refractivity contribution in [3.8, 4) is 11.3 Å². The molecule has 0 unspecified atom stereocenters. The zero-order chi connectivity index (χ0) is 21.4. The van der Waals surface area contributed by atoms with Gasteiger partial charge in [0, 0.05) is 19.7 Å². The molecule has 1 N–H and O–H groups in total. The number of halogens is 4. The van der Waals surface area contributed by atoms with Crippen LogP contribution in [0.4, 0.5) is 23.2 Å². The summed E-state index contributed by atoms with van der Waals surface area (Å²) in [5, 5.41) is 3.32. The first-order valence-corrected chi connectivity index (χ1v) is 9.70. The molecule has 0 aliphatic rings. The van der Waals surface area contributed by atoms with Crippen molar-refractivity contribution in [1.82, 2.24) is 9.89 Å². The van der Waals surface area contributed by atoms with Crippen molar-refractivity contribution >= 4 is 15.7 Å². The van der Waals surface area contributed by atoms with Crippen LogP contribution in [0.5, 0.6) is 0 Å². The van der Waals surface area contributed by atoms with Crippen molar-refractivity contribution in [1.29, 1.82) is 0 Å². The SMILES string of the molecule is CN(C)c1ccc(-c2cc(C(F)(F)F)nn2NS(=O)(=O)c2ccccc2)cc1F. The maximum Gasteiger partial charge on any atom is 0.435 e. The van der Waals surface area contributed by atoms with Crippen LogP contribution in [0.2, 0.25) is 0 Å². The summed E-state index contributed by atoms with van der Waals surface area (Å²) in [7, 11) is -1.01. The highest BCUT2D eigenvalue weighted by molar-refractivity contribution is 7.92. The molecule has 154 valence electrons. The molecule has 2 aromatic carbocycles. The molecule has 0 fully saturated rings. The Bertz CT molecular complexity index is 1130. The van der Waals surface area contributed by atoms with Gasteiger partial charge in [0.1, 0.15) is 5.82 Å². The maximum absolute atomic E-state index is 14.3. The molecule has 1 aromatic heterocycles. The standard InChI is InChI=1S/C18H16F4N4O2S/c1-25(2)15-9-8-12(10-14(15)19)16-11-17(18(20,21)22)23-26(16)24-29(27,28)13-6-4-3-5-7-13/h3-11,24H,1-2H3. The molecule has 3 rings (SSSR count). The number of hydrogen-bond donors (Lipinski definition) is 1. The lowest BCUT2D eigenvalue weighted by molar-refractivity contribution is -0.141. The Morgan fingerprint density at radius 2 is 1.69 bits per heavy atom. The fourth-order valence-corrected chi connectivity index (χ4v) is 3.58. The van der Waals surface area contributed by atoms with Gasteiger partial charge in [-0.25, -0.2) is 4.39 Å². The van der Waals surface area contributed by atoms with E-state index in [-0.39, 0.29) is 21.8 Å². The second kappa shape index (κ2) is 7.39. The third-order valence-electron chi connectivity index (χ3n) is 3.99. The van der Waals surface area contributed by atoms with Crippen molar-refractivity contribution in [2.75, 3.05) is 23.8 Å². The van der Waals surface area contributed by atoms with Gasteiger partial charge in [0.25, 0.3) is 10.0 Å². The van der Waals surface area contributed by atoms with E-state index in [1.807, 2.05) is 4.83 Å². The smallest absolute Gasteiger partial charge is 0.375 e. The van der Waals surface area contributed by atoms with E-state index in [0.29, 0.717) is 10.9 Å². The number of aromatic nitrogens is 2. The Morgan fingerprint density at radius 1 is 1.03 bits per heavy atom.